The molecule has 3 nitrogen and oxygen atoms in total. The molecule has 0 aliphatic heterocycles. The Labute approximate surface area is 76.0 Å². The topological polar surface area (TPSA) is 38.1 Å². The van der Waals surface area contributed by atoms with Gasteiger partial charge in [0.1, 0.15) is 0 Å². The van der Waals surface area contributed by atoms with Gasteiger partial charge in [-0.25, -0.2) is 0 Å². The van der Waals surface area contributed by atoms with Crippen LogP contribution in [0.4, 0.5) is 0 Å². The minimum absolute atomic E-state index is 0.668. The van der Waals surface area contributed by atoms with Crippen LogP contribution in [0.2, 0.25) is 0 Å². The molecule has 0 aliphatic carbocycles. The van der Waals surface area contributed by atoms with Crippen molar-refractivity contribution in [3.8, 4) is 0 Å². The summed E-state index contributed by atoms with van der Waals surface area (Å²) in [7, 11) is 0. The SMILES string of the molecule is C=CC(C)=NCc1snnc1C. The molecule has 1 aromatic rings. The van der Waals surface area contributed by atoms with E-state index in [1.165, 1.54) is 11.5 Å². The quantitative estimate of drug-likeness (QED) is 0.669. The fourth-order valence-corrected chi connectivity index (χ4v) is 1.21. The lowest BCUT2D eigenvalue weighted by Crippen LogP contribution is -1.87. The van der Waals surface area contributed by atoms with E-state index in [1.807, 2.05) is 13.8 Å². The molecular weight excluding hydrogens is 170 g/mol. The molecule has 0 aliphatic rings. The first kappa shape index (κ1) is 9.06. The van der Waals surface area contributed by atoms with E-state index in [0.29, 0.717) is 6.54 Å². The Morgan fingerprint density at radius 2 is 2.50 bits per heavy atom. The summed E-state index contributed by atoms with van der Waals surface area (Å²) >= 11 is 1.40. The van der Waals surface area contributed by atoms with Gasteiger partial charge < -0.3 is 0 Å². The van der Waals surface area contributed by atoms with Gasteiger partial charge in [0.25, 0.3) is 0 Å². The van der Waals surface area contributed by atoms with E-state index in [1.54, 1.807) is 6.08 Å². The number of hydrogen-bond donors (Lipinski definition) is 0. The molecule has 0 saturated heterocycles. The summed E-state index contributed by atoms with van der Waals surface area (Å²) in [5.41, 5.74) is 1.92. The van der Waals surface area contributed by atoms with E-state index >= 15 is 0 Å². The lowest BCUT2D eigenvalue weighted by molar-refractivity contribution is 1.02. The molecule has 64 valence electrons. The molecule has 12 heavy (non-hydrogen) atoms. The van der Waals surface area contributed by atoms with Crippen LogP contribution < -0.4 is 0 Å². The summed E-state index contributed by atoms with van der Waals surface area (Å²) in [6.45, 7) is 8.16. The molecule has 0 spiro atoms. The molecule has 0 N–H and O–H groups in total. The highest BCUT2D eigenvalue weighted by molar-refractivity contribution is 7.05. The average Bonchev–Trinajstić information content (AvgIpc) is 2.47. The molecule has 0 saturated carbocycles. The van der Waals surface area contributed by atoms with Crippen molar-refractivity contribution in [2.24, 2.45) is 4.99 Å². The molecule has 1 heterocycles. The lowest BCUT2D eigenvalue weighted by atomic mass is 10.4. The van der Waals surface area contributed by atoms with Gasteiger partial charge in [0.05, 0.1) is 17.1 Å². The van der Waals surface area contributed by atoms with Gasteiger partial charge in [-0.1, -0.05) is 11.1 Å². The normalized spacial score (nSPS) is 11.7. The number of allylic oxidation sites excluding steroid dienone is 1. The van der Waals surface area contributed by atoms with E-state index < -0.39 is 0 Å². The fourth-order valence-electron chi connectivity index (χ4n) is 0.657. The summed E-state index contributed by atoms with van der Waals surface area (Å²) in [5, 5.41) is 3.89. The van der Waals surface area contributed by atoms with Crippen molar-refractivity contribution in [2.45, 2.75) is 20.4 Å². The molecule has 0 amide bonds. The first-order valence-electron chi connectivity index (χ1n) is 3.65. The van der Waals surface area contributed by atoms with Gasteiger partial charge in [-0.2, -0.15) is 0 Å². The maximum absolute atomic E-state index is 4.27. The summed E-state index contributed by atoms with van der Waals surface area (Å²) in [6, 6.07) is 0. The summed E-state index contributed by atoms with van der Waals surface area (Å²) in [6.07, 6.45) is 1.74. The number of rotatable bonds is 3. The maximum atomic E-state index is 4.27. The molecular formula is C8H11N3S. The predicted octanol–water partition coefficient (Wildman–Crippen LogP) is 1.99. The van der Waals surface area contributed by atoms with Crippen molar-refractivity contribution in [1.82, 2.24) is 9.59 Å². The number of hydrogen-bond acceptors (Lipinski definition) is 4. The predicted molar refractivity (Wildman–Crippen MR) is 51.7 cm³/mol. The molecule has 0 aromatic carbocycles. The molecule has 0 radical (unpaired) electrons. The van der Waals surface area contributed by atoms with Gasteiger partial charge in [0, 0.05) is 5.71 Å². The van der Waals surface area contributed by atoms with Crippen LogP contribution in [0.25, 0.3) is 0 Å². The summed E-state index contributed by atoms with van der Waals surface area (Å²) in [4.78, 5) is 5.40. The Balaban J connectivity index is 2.65. The van der Waals surface area contributed by atoms with Crippen LogP contribution in [0.1, 0.15) is 17.5 Å². The molecule has 0 fully saturated rings. The molecule has 4 heteroatoms. The van der Waals surface area contributed by atoms with Gasteiger partial charge in [-0.3, -0.25) is 4.99 Å². The lowest BCUT2D eigenvalue weighted by Gasteiger charge is -1.91. The second-order valence-corrected chi connectivity index (χ2v) is 3.28. The zero-order chi connectivity index (χ0) is 8.97. The highest BCUT2D eigenvalue weighted by Gasteiger charge is 2.00. The molecule has 1 rings (SSSR count). The smallest absolute Gasteiger partial charge is 0.0775 e. The van der Waals surface area contributed by atoms with Crippen molar-refractivity contribution in [1.29, 1.82) is 0 Å². The first-order chi connectivity index (χ1) is 5.74. The van der Waals surface area contributed by atoms with Crippen LogP contribution in [0.5, 0.6) is 0 Å². The third kappa shape index (κ3) is 2.23. The van der Waals surface area contributed by atoms with E-state index in [-0.39, 0.29) is 0 Å². The van der Waals surface area contributed by atoms with Crippen LogP contribution in [-0.2, 0) is 6.54 Å². The second kappa shape index (κ2) is 4.11. The monoisotopic (exact) mass is 181 g/mol. The van der Waals surface area contributed by atoms with E-state index in [2.05, 4.69) is 21.2 Å². The van der Waals surface area contributed by atoms with Crippen molar-refractivity contribution in [3.63, 3.8) is 0 Å². The Morgan fingerprint density at radius 3 is 3.00 bits per heavy atom. The second-order valence-electron chi connectivity index (χ2n) is 2.44. The Hall–Kier alpha value is -1.03. The zero-order valence-electron chi connectivity index (χ0n) is 7.24. The van der Waals surface area contributed by atoms with Crippen LogP contribution in [0, 0.1) is 6.92 Å². The summed E-state index contributed by atoms with van der Waals surface area (Å²) in [5.74, 6) is 0. The minimum Gasteiger partial charge on any atom is -0.284 e. The molecule has 0 bridgehead atoms. The highest BCUT2D eigenvalue weighted by atomic mass is 32.1. The molecule has 1 aromatic heterocycles. The van der Waals surface area contributed by atoms with Crippen LogP contribution in [0.3, 0.4) is 0 Å². The van der Waals surface area contributed by atoms with Crippen LogP contribution in [0.15, 0.2) is 17.6 Å². The van der Waals surface area contributed by atoms with Gasteiger partial charge in [0.15, 0.2) is 0 Å². The van der Waals surface area contributed by atoms with Gasteiger partial charge in [-0.15, -0.1) is 5.10 Å². The summed E-state index contributed by atoms with van der Waals surface area (Å²) < 4.78 is 3.82. The van der Waals surface area contributed by atoms with E-state index in [0.717, 1.165) is 16.3 Å². The number of aromatic nitrogens is 2. The molecule has 0 atom stereocenters. The minimum atomic E-state index is 0.668. The van der Waals surface area contributed by atoms with Gasteiger partial charge >= 0.3 is 0 Å². The van der Waals surface area contributed by atoms with Crippen molar-refractivity contribution in [2.75, 3.05) is 0 Å². The highest BCUT2D eigenvalue weighted by Crippen LogP contribution is 2.10. The van der Waals surface area contributed by atoms with Gasteiger partial charge in [-0.05, 0) is 31.5 Å². The standard InChI is InChI=1S/C8H11N3S/c1-4-6(2)9-5-8-7(3)10-11-12-8/h4H,1,5H2,2-3H3. The third-order valence-corrected chi connectivity index (χ3v) is 2.32. The van der Waals surface area contributed by atoms with Crippen molar-refractivity contribution < 1.29 is 0 Å². The van der Waals surface area contributed by atoms with Crippen LogP contribution >= 0.6 is 11.5 Å². The first-order valence-corrected chi connectivity index (χ1v) is 4.42. The van der Waals surface area contributed by atoms with E-state index in [9.17, 15) is 0 Å². The molecule has 0 unspecified atom stereocenters. The van der Waals surface area contributed by atoms with Gasteiger partial charge in [0.2, 0.25) is 0 Å². The Bertz CT molecular complexity index is 301. The van der Waals surface area contributed by atoms with Crippen LogP contribution in [-0.4, -0.2) is 15.3 Å². The number of aryl methyl sites for hydroxylation is 1. The fraction of sp³-hybridized carbons (Fsp3) is 0.375. The third-order valence-electron chi connectivity index (χ3n) is 1.51. The van der Waals surface area contributed by atoms with Crippen molar-refractivity contribution >= 4 is 17.2 Å². The van der Waals surface area contributed by atoms with Crippen molar-refractivity contribution in [3.05, 3.63) is 23.2 Å². The number of aliphatic imine (C=N–C) groups is 1. The average molecular weight is 181 g/mol. The largest absolute Gasteiger partial charge is 0.284 e. The Kier molecular flexibility index (Phi) is 3.10. The Morgan fingerprint density at radius 1 is 1.75 bits per heavy atom. The maximum Gasteiger partial charge on any atom is 0.0775 e. The number of nitrogens with zero attached hydrogens (tertiary/aromatic N) is 3. The van der Waals surface area contributed by atoms with E-state index in [4.69, 9.17) is 0 Å². The zero-order valence-corrected chi connectivity index (χ0v) is 8.06.